The van der Waals surface area contributed by atoms with Gasteiger partial charge < -0.3 is 15.8 Å². The van der Waals surface area contributed by atoms with Crippen molar-refractivity contribution in [2.75, 3.05) is 24.2 Å². The van der Waals surface area contributed by atoms with Crippen molar-refractivity contribution in [3.63, 3.8) is 0 Å². The van der Waals surface area contributed by atoms with Crippen LogP contribution in [-0.2, 0) is 11.3 Å². The van der Waals surface area contributed by atoms with Gasteiger partial charge in [0.05, 0.1) is 23.7 Å². The van der Waals surface area contributed by atoms with Gasteiger partial charge in [0.2, 0.25) is 5.95 Å². The summed E-state index contributed by atoms with van der Waals surface area (Å²) < 4.78 is 22.0. The van der Waals surface area contributed by atoms with Gasteiger partial charge in [0.1, 0.15) is 11.6 Å². The highest BCUT2D eigenvalue weighted by Crippen LogP contribution is 2.33. The average molecular weight is 418 g/mol. The Bertz CT molecular complexity index is 1200. The predicted octanol–water partition coefficient (Wildman–Crippen LogP) is 3.85. The van der Waals surface area contributed by atoms with Crippen LogP contribution >= 0.6 is 0 Å². The summed E-state index contributed by atoms with van der Waals surface area (Å²) in [4.78, 5) is 9.19. The van der Waals surface area contributed by atoms with E-state index in [1.807, 2.05) is 30.3 Å². The van der Waals surface area contributed by atoms with Crippen molar-refractivity contribution in [1.82, 2.24) is 19.7 Å². The molecule has 1 aliphatic heterocycles. The number of ether oxygens (including phenoxy) is 1. The summed E-state index contributed by atoms with van der Waals surface area (Å²) in [6.45, 7) is 1.84. The third-order valence-electron chi connectivity index (χ3n) is 5.46. The second kappa shape index (κ2) is 8.31. The van der Waals surface area contributed by atoms with Gasteiger partial charge >= 0.3 is 0 Å². The van der Waals surface area contributed by atoms with Crippen molar-refractivity contribution < 1.29 is 9.13 Å². The first kappa shape index (κ1) is 19.4. The maximum Gasteiger partial charge on any atom is 0.225 e. The first-order valence-electron chi connectivity index (χ1n) is 10.4. The number of nitrogens with zero attached hydrogens (tertiary/aromatic N) is 4. The molecule has 5 rings (SSSR count). The summed E-state index contributed by atoms with van der Waals surface area (Å²) in [5.41, 5.74) is 8.73. The number of hydrogen-bond acceptors (Lipinski definition) is 6. The standard InChI is InChI=1S/C23H23FN6O/c24-18-11-5-4-10-17(18)20-19-21(25)30(14-15-7-2-1-3-8-15)29-22(19)28-23(27-20)26-13-16-9-6-12-31-16/h1-5,7-8,10-11,16H,6,9,12-14,25H2,(H,26,28,29)/t16-/m0/s1. The summed E-state index contributed by atoms with van der Waals surface area (Å²) in [5.74, 6) is 0.413. The number of hydrogen-bond donors (Lipinski definition) is 2. The lowest BCUT2D eigenvalue weighted by Gasteiger charge is -2.12. The second-order valence-corrected chi connectivity index (χ2v) is 7.62. The summed E-state index contributed by atoms with van der Waals surface area (Å²) in [6, 6.07) is 16.4. The van der Waals surface area contributed by atoms with E-state index in [1.165, 1.54) is 6.07 Å². The first-order chi connectivity index (χ1) is 15.2. The van der Waals surface area contributed by atoms with Crippen LogP contribution in [0.4, 0.5) is 16.2 Å². The monoisotopic (exact) mass is 418 g/mol. The largest absolute Gasteiger partial charge is 0.383 e. The maximum absolute atomic E-state index is 14.7. The van der Waals surface area contributed by atoms with E-state index in [9.17, 15) is 4.39 Å². The molecule has 3 N–H and O–H groups in total. The van der Waals surface area contributed by atoms with E-state index in [1.54, 1.807) is 22.9 Å². The number of halogens is 1. The minimum atomic E-state index is -0.372. The molecule has 0 aliphatic carbocycles. The van der Waals surface area contributed by atoms with Gasteiger partial charge in [0.25, 0.3) is 0 Å². The number of anilines is 2. The maximum atomic E-state index is 14.7. The SMILES string of the molecule is Nc1c2c(-c3ccccc3F)nc(NC[C@@H]3CCCO3)nc2nn1Cc1ccccc1. The Morgan fingerprint density at radius 3 is 2.68 bits per heavy atom. The predicted molar refractivity (Wildman–Crippen MR) is 118 cm³/mol. The van der Waals surface area contributed by atoms with Crippen LogP contribution in [0.25, 0.3) is 22.3 Å². The molecule has 0 spiro atoms. The van der Waals surface area contributed by atoms with Crippen molar-refractivity contribution in [3.05, 3.63) is 66.0 Å². The van der Waals surface area contributed by atoms with Gasteiger partial charge in [0.15, 0.2) is 5.65 Å². The van der Waals surface area contributed by atoms with Crippen LogP contribution in [0.2, 0.25) is 0 Å². The molecule has 4 aromatic rings. The molecular weight excluding hydrogens is 395 g/mol. The van der Waals surface area contributed by atoms with E-state index in [0.29, 0.717) is 47.1 Å². The lowest BCUT2D eigenvalue weighted by atomic mass is 10.1. The van der Waals surface area contributed by atoms with Gasteiger partial charge in [-0.15, -0.1) is 5.10 Å². The van der Waals surface area contributed by atoms with Crippen molar-refractivity contribution in [3.8, 4) is 11.3 Å². The number of benzene rings is 2. The Hall–Kier alpha value is -3.52. The highest BCUT2D eigenvalue weighted by molar-refractivity contribution is 5.99. The number of nitrogens with one attached hydrogen (secondary N) is 1. The first-order valence-corrected chi connectivity index (χ1v) is 10.4. The van der Waals surface area contributed by atoms with Gasteiger partial charge in [-0.2, -0.15) is 4.98 Å². The molecule has 3 heterocycles. The summed E-state index contributed by atoms with van der Waals surface area (Å²) >= 11 is 0. The Kier molecular flexibility index (Phi) is 5.21. The van der Waals surface area contributed by atoms with Crippen molar-refractivity contribution >= 4 is 22.8 Å². The quantitative estimate of drug-likeness (QED) is 0.494. The van der Waals surface area contributed by atoms with Gasteiger partial charge in [-0.3, -0.25) is 0 Å². The van der Waals surface area contributed by atoms with Crippen LogP contribution in [0.3, 0.4) is 0 Å². The molecule has 0 unspecified atom stereocenters. The fourth-order valence-corrected chi connectivity index (χ4v) is 3.87. The molecule has 0 amide bonds. The van der Waals surface area contributed by atoms with Crippen molar-refractivity contribution in [1.29, 1.82) is 0 Å². The Morgan fingerprint density at radius 2 is 1.90 bits per heavy atom. The zero-order valence-electron chi connectivity index (χ0n) is 17.0. The number of nitrogens with two attached hydrogens (primary N) is 1. The van der Waals surface area contributed by atoms with Crippen LogP contribution in [0.5, 0.6) is 0 Å². The molecule has 7 nitrogen and oxygen atoms in total. The average Bonchev–Trinajstić information content (AvgIpc) is 3.41. The topological polar surface area (TPSA) is 90.9 Å². The number of aromatic nitrogens is 4. The molecule has 2 aromatic carbocycles. The van der Waals surface area contributed by atoms with Gasteiger partial charge in [-0.25, -0.2) is 14.1 Å². The van der Waals surface area contributed by atoms with E-state index in [-0.39, 0.29) is 11.9 Å². The molecule has 2 aromatic heterocycles. The summed E-state index contributed by atoms with van der Waals surface area (Å²) in [5, 5.41) is 8.38. The summed E-state index contributed by atoms with van der Waals surface area (Å²) in [7, 11) is 0. The minimum Gasteiger partial charge on any atom is -0.383 e. The Morgan fingerprint density at radius 1 is 1.10 bits per heavy atom. The second-order valence-electron chi connectivity index (χ2n) is 7.62. The van der Waals surface area contributed by atoms with Crippen LogP contribution < -0.4 is 11.1 Å². The van der Waals surface area contributed by atoms with Crippen molar-refractivity contribution in [2.24, 2.45) is 0 Å². The van der Waals surface area contributed by atoms with Crippen LogP contribution in [0, 0.1) is 5.82 Å². The zero-order chi connectivity index (χ0) is 21.2. The van der Waals surface area contributed by atoms with E-state index >= 15 is 0 Å². The van der Waals surface area contributed by atoms with E-state index in [0.717, 1.165) is 25.0 Å². The third kappa shape index (κ3) is 3.94. The van der Waals surface area contributed by atoms with Gasteiger partial charge in [0, 0.05) is 18.7 Å². The highest BCUT2D eigenvalue weighted by Gasteiger charge is 2.21. The normalized spacial score (nSPS) is 16.1. The van der Waals surface area contributed by atoms with E-state index in [4.69, 9.17) is 10.5 Å². The third-order valence-corrected chi connectivity index (χ3v) is 5.46. The molecule has 158 valence electrons. The molecule has 1 saturated heterocycles. The smallest absolute Gasteiger partial charge is 0.225 e. The van der Waals surface area contributed by atoms with E-state index in [2.05, 4.69) is 20.4 Å². The molecule has 31 heavy (non-hydrogen) atoms. The number of rotatable bonds is 6. The molecular formula is C23H23FN6O. The molecule has 8 heteroatoms. The number of nitrogen functional groups attached to an aromatic ring is 1. The lowest BCUT2D eigenvalue weighted by Crippen LogP contribution is -2.19. The highest BCUT2D eigenvalue weighted by atomic mass is 19.1. The zero-order valence-corrected chi connectivity index (χ0v) is 17.0. The van der Waals surface area contributed by atoms with E-state index < -0.39 is 0 Å². The molecule has 1 fully saturated rings. The van der Waals surface area contributed by atoms with Crippen LogP contribution in [0.1, 0.15) is 18.4 Å². The molecule has 0 radical (unpaired) electrons. The molecule has 1 aliphatic rings. The van der Waals surface area contributed by atoms with Gasteiger partial charge in [-0.05, 0) is 30.5 Å². The Balaban J connectivity index is 1.59. The molecule has 0 saturated carbocycles. The van der Waals surface area contributed by atoms with Crippen molar-refractivity contribution in [2.45, 2.75) is 25.5 Å². The van der Waals surface area contributed by atoms with Crippen LogP contribution in [0.15, 0.2) is 54.6 Å². The van der Waals surface area contributed by atoms with Gasteiger partial charge in [-0.1, -0.05) is 42.5 Å². The summed E-state index contributed by atoms with van der Waals surface area (Å²) in [6.07, 6.45) is 2.17. The molecule has 0 bridgehead atoms. The fraction of sp³-hybridized carbons (Fsp3) is 0.261. The fourth-order valence-electron chi connectivity index (χ4n) is 3.87. The lowest BCUT2D eigenvalue weighted by molar-refractivity contribution is 0.120. The Labute approximate surface area is 179 Å². The van der Waals surface area contributed by atoms with Crippen LogP contribution in [-0.4, -0.2) is 39.0 Å². The molecule has 1 atom stereocenters. The minimum absolute atomic E-state index is 0.122. The number of fused-ring (bicyclic) bond motifs is 1.